The molecule has 0 heterocycles. The third-order valence-corrected chi connectivity index (χ3v) is 2.54. The van der Waals surface area contributed by atoms with E-state index < -0.39 is 5.60 Å². The van der Waals surface area contributed by atoms with Crippen molar-refractivity contribution >= 4 is 24.7 Å². The summed E-state index contributed by atoms with van der Waals surface area (Å²) in [5, 5.41) is 2.34. The Kier molecular flexibility index (Phi) is 9.46. The molecule has 20 heavy (non-hydrogen) atoms. The molecule has 6 heteroatoms. The van der Waals surface area contributed by atoms with Gasteiger partial charge in [0, 0.05) is 6.54 Å². The van der Waals surface area contributed by atoms with Crippen LogP contribution in [0.2, 0.25) is 0 Å². The number of rotatable bonds is 8. The number of carbonyl (C=O) groups is 2. The van der Waals surface area contributed by atoms with Crippen LogP contribution >= 0.6 is 12.6 Å². The summed E-state index contributed by atoms with van der Waals surface area (Å²) in [5.41, 5.74) is -0.460. The van der Waals surface area contributed by atoms with Crippen molar-refractivity contribution in [2.75, 3.05) is 13.2 Å². The average Bonchev–Trinajstić information content (AvgIpc) is 2.29. The Labute approximate surface area is 127 Å². The van der Waals surface area contributed by atoms with Gasteiger partial charge in [0.25, 0.3) is 0 Å². The molecule has 118 valence electrons. The van der Waals surface area contributed by atoms with Crippen LogP contribution in [-0.4, -0.2) is 36.1 Å². The van der Waals surface area contributed by atoms with Gasteiger partial charge in [0.1, 0.15) is 5.60 Å². The largest absolute Gasteiger partial charge is 0.465 e. The van der Waals surface area contributed by atoms with E-state index in [1.807, 2.05) is 20.8 Å². The Balaban J connectivity index is 3.37. The molecule has 0 aromatic carbocycles. The molecule has 5 nitrogen and oxygen atoms in total. The molecule has 0 aromatic heterocycles. The maximum Gasteiger partial charge on any atom is 0.407 e. The molecule has 0 radical (unpaired) electrons. The number of hydrogen-bond acceptors (Lipinski definition) is 5. The number of alkyl carbamates (subject to hydrolysis) is 1. The SMILES string of the molecule is CC(S)C(=O)OCCCCCCNC(=O)OC(C)(C)C. The van der Waals surface area contributed by atoms with Gasteiger partial charge in [0.15, 0.2) is 0 Å². The Hall–Kier alpha value is -0.910. The van der Waals surface area contributed by atoms with Gasteiger partial charge in [-0.2, -0.15) is 12.6 Å². The normalized spacial score (nSPS) is 12.7. The molecule has 0 aromatic rings. The van der Waals surface area contributed by atoms with Crippen molar-refractivity contribution in [3.63, 3.8) is 0 Å². The molecule has 0 aliphatic carbocycles. The zero-order valence-electron chi connectivity index (χ0n) is 12.9. The van der Waals surface area contributed by atoms with E-state index in [1.54, 1.807) is 6.92 Å². The van der Waals surface area contributed by atoms with E-state index in [9.17, 15) is 9.59 Å². The van der Waals surface area contributed by atoms with Gasteiger partial charge in [-0.1, -0.05) is 6.42 Å². The van der Waals surface area contributed by atoms with Gasteiger partial charge in [-0.3, -0.25) is 4.79 Å². The molecule has 0 fully saturated rings. The third-order valence-electron chi connectivity index (χ3n) is 2.32. The van der Waals surface area contributed by atoms with Crippen LogP contribution in [0.4, 0.5) is 4.79 Å². The zero-order valence-corrected chi connectivity index (χ0v) is 13.8. The number of thiol groups is 1. The maximum atomic E-state index is 11.3. The molecule has 1 amide bonds. The van der Waals surface area contributed by atoms with Crippen molar-refractivity contribution in [3.8, 4) is 0 Å². The maximum absolute atomic E-state index is 11.3. The molecule has 0 aliphatic rings. The van der Waals surface area contributed by atoms with E-state index in [-0.39, 0.29) is 17.3 Å². The summed E-state index contributed by atoms with van der Waals surface area (Å²) < 4.78 is 10.1. The highest BCUT2D eigenvalue weighted by Crippen LogP contribution is 2.06. The minimum Gasteiger partial charge on any atom is -0.465 e. The summed E-state index contributed by atoms with van der Waals surface area (Å²) in [5.74, 6) is -0.278. The highest BCUT2D eigenvalue weighted by Gasteiger charge is 2.15. The number of hydrogen-bond donors (Lipinski definition) is 2. The zero-order chi connectivity index (χ0) is 15.6. The van der Waals surface area contributed by atoms with Crippen LogP contribution in [-0.2, 0) is 14.3 Å². The van der Waals surface area contributed by atoms with Gasteiger partial charge in [-0.25, -0.2) is 4.79 Å². The minimum atomic E-state index is -0.460. The monoisotopic (exact) mass is 305 g/mol. The van der Waals surface area contributed by atoms with Crippen molar-refractivity contribution in [2.24, 2.45) is 0 Å². The third kappa shape index (κ3) is 12.1. The summed E-state index contributed by atoms with van der Waals surface area (Å²) in [6, 6.07) is 0. The number of nitrogens with one attached hydrogen (secondary N) is 1. The van der Waals surface area contributed by atoms with Crippen molar-refractivity contribution < 1.29 is 19.1 Å². The van der Waals surface area contributed by atoms with Crippen LogP contribution in [0, 0.1) is 0 Å². The quantitative estimate of drug-likeness (QED) is 0.411. The fourth-order valence-electron chi connectivity index (χ4n) is 1.38. The van der Waals surface area contributed by atoms with Crippen molar-refractivity contribution in [3.05, 3.63) is 0 Å². The lowest BCUT2D eigenvalue weighted by Crippen LogP contribution is -2.32. The highest BCUT2D eigenvalue weighted by molar-refractivity contribution is 7.81. The topological polar surface area (TPSA) is 64.6 Å². The van der Waals surface area contributed by atoms with E-state index in [1.165, 1.54) is 0 Å². The minimum absolute atomic E-state index is 0.278. The first-order chi connectivity index (χ1) is 9.22. The molecule has 0 spiro atoms. The standard InChI is InChI=1S/C14H27NO4S/c1-11(20)12(16)18-10-8-6-5-7-9-15-13(17)19-14(2,3)4/h11,20H,5-10H2,1-4H3,(H,15,17). The van der Waals surface area contributed by atoms with Crippen LogP contribution < -0.4 is 5.32 Å². The second kappa shape index (κ2) is 9.91. The van der Waals surface area contributed by atoms with Crippen molar-refractivity contribution in [1.82, 2.24) is 5.32 Å². The lowest BCUT2D eigenvalue weighted by atomic mass is 10.2. The predicted octanol–water partition coefficient (Wildman–Crippen LogP) is 2.93. The molecule has 1 unspecified atom stereocenters. The smallest absolute Gasteiger partial charge is 0.407 e. The molecule has 1 N–H and O–H groups in total. The molecular formula is C14H27NO4S. The van der Waals surface area contributed by atoms with Crippen molar-refractivity contribution in [2.45, 2.75) is 64.2 Å². The number of amides is 1. The molecule has 0 aliphatic heterocycles. The molecule has 1 atom stereocenters. The summed E-state index contributed by atoms with van der Waals surface area (Å²) in [6.07, 6.45) is 3.28. The first kappa shape index (κ1) is 19.1. The van der Waals surface area contributed by atoms with Crippen LogP contribution in [0.25, 0.3) is 0 Å². The van der Waals surface area contributed by atoms with Crippen molar-refractivity contribution in [1.29, 1.82) is 0 Å². The first-order valence-corrected chi connectivity index (χ1v) is 7.55. The van der Waals surface area contributed by atoms with E-state index in [0.29, 0.717) is 13.2 Å². The van der Waals surface area contributed by atoms with Crippen LogP contribution in [0.1, 0.15) is 53.4 Å². The molecule has 0 saturated heterocycles. The van der Waals surface area contributed by atoms with E-state index in [2.05, 4.69) is 17.9 Å². The van der Waals surface area contributed by atoms with Gasteiger partial charge in [0.05, 0.1) is 11.9 Å². The average molecular weight is 305 g/mol. The predicted molar refractivity (Wildman–Crippen MR) is 82.1 cm³/mol. The fraction of sp³-hybridized carbons (Fsp3) is 0.857. The number of ether oxygens (including phenoxy) is 2. The second-order valence-electron chi connectivity index (χ2n) is 5.69. The summed E-state index contributed by atoms with van der Waals surface area (Å²) >= 11 is 3.99. The summed E-state index contributed by atoms with van der Waals surface area (Å²) in [4.78, 5) is 22.4. The van der Waals surface area contributed by atoms with Gasteiger partial charge in [-0.15, -0.1) is 0 Å². The Morgan fingerprint density at radius 2 is 1.75 bits per heavy atom. The number of unbranched alkanes of at least 4 members (excludes halogenated alkanes) is 3. The van der Waals surface area contributed by atoms with E-state index in [0.717, 1.165) is 25.7 Å². The van der Waals surface area contributed by atoms with Gasteiger partial charge in [0.2, 0.25) is 0 Å². The Morgan fingerprint density at radius 3 is 2.30 bits per heavy atom. The van der Waals surface area contributed by atoms with Crippen LogP contribution in [0.3, 0.4) is 0 Å². The van der Waals surface area contributed by atoms with Gasteiger partial charge >= 0.3 is 12.1 Å². The fourth-order valence-corrected chi connectivity index (χ4v) is 1.45. The van der Waals surface area contributed by atoms with Crippen LogP contribution in [0.5, 0.6) is 0 Å². The number of carbonyl (C=O) groups excluding carboxylic acids is 2. The van der Waals surface area contributed by atoms with Gasteiger partial charge < -0.3 is 14.8 Å². The molecule has 0 saturated carbocycles. The molecular weight excluding hydrogens is 278 g/mol. The summed E-state index contributed by atoms with van der Waals surface area (Å²) in [6.45, 7) is 8.22. The summed E-state index contributed by atoms with van der Waals surface area (Å²) in [7, 11) is 0. The van der Waals surface area contributed by atoms with Crippen LogP contribution in [0.15, 0.2) is 0 Å². The lowest BCUT2D eigenvalue weighted by Gasteiger charge is -2.19. The van der Waals surface area contributed by atoms with E-state index in [4.69, 9.17) is 9.47 Å². The first-order valence-electron chi connectivity index (χ1n) is 7.04. The molecule has 0 rings (SSSR count). The molecule has 0 bridgehead atoms. The highest BCUT2D eigenvalue weighted by atomic mass is 32.1. The van der Waals surface area contributed by atoms with Gasteiger partial charge in [-0.05, 0) is 47.0 Å². The second-order valence-corrected chi connectivity index (χ2v) is 6.46. The van der Waals surface area contributed by atoms with E-state index >= 15 is 0 Å². The Morgan fingerprint density at radius 1 is 1.15 bits per heavy atom. The lowest BCUT2D eigenvalue weighted by molar-refractivity contribution is -0.142. The number of esters is 1. The Bertz CT molecular complexity index is 300.